The van der Waals surface area contributed by atoms with Crippen LogP contribution in [0.5, 0.6) is 5.88 Å². The maximum atomic E-state index is 5.03. The van der Waals surface area contributed by atoms with Gasteiger partial charge in [-0.05, 0) is 25.0 Å². The van der Waals surface area contributed by atoms with E-state index in [9.17, 15) is 0 Å². The summed E-state index contributed by atoms with van der Waals surface area (Å²) in [7, 11) is 1.62. The van der Waals surface area contributed by atoms with Crippen molar-refractivity contribution >= 4 is 5.69 Å². The lowest BCUT2D eigenvalue weighted by molar-refractivity contribution is 0.398. The van der Waals surface area contributed by atoms with Gasteiger partial charge in [-0.2, -0.15) is 0 Å². The Morgan fingerprint density at radius 2 is 1.94 bits per heavy atom. The van der Waals surface area contributed by atoms with Gasteiger partial charge in [-0.1, -0.05) is 30.3 Å². The molecule has 1 aromatic carbocycles. The Morgan fingerprint density at radius 1 is 1.17 bits per heavy atom. The van der Waals surface area contributed by atoms with E-state index in [0.717, 1.165) is 12.1 Å². The van der Waals surface area contributed by atoms with Crippen LogP contribution in [0.15, 0.2) is 48.7 Å². The van der Waals surface area contributed by atoms with Crippen LogP contribution >= 0.6 is 0 Å². The predicted molar refractivity (Wildman–Crippen MR) is 74.0 cm³/mol. The Labute approximate surface area is 108 Å². The third-order valence-electron chi connectivity index (χ3n) is 2.74. The quantitative estimate of drug-likeness (QED) is 0.874. The molecule has 0 fully saturated rings. The molecule has 0 amide bonds. The Morgan fingerprint density at radius 3 is 2.56 bits per heavy atom. The van der Waals surface area contributed by atoms with E-state index in [4.69, 9.17) is 4.74 Å². The molecule has 1 unspecified atom stereocenters. The monoisotopic (exact) mass is 242 g/mol. The first-order chi connectivity index (χ1) is 8.78. The SMILES string of the molecule is COc1ccc(NC(C)Cc2ccccc2)cn1. The van der Waals surface area contributed by atoms with Gasteiger partial charge in [0.2, 0.25) is 5.88 Å². The van der Waals surface area contributed by atoms with Crippen molar-refractivity contribution in [3.8, 4) is 5.88 Å². The number of ether oxygens (including phenoxy) is 1. The largest absolute Gasteiger partial charge is 0.481 e. The summed E-state index contributed by atoms with van der Waals surface area (Å²) in [5, 5.41) is 3.42. The summed E-state index contributed by atoms with van der Waals surface area (Å²) >= 11 is 0. The van der Waals surface area contributed by atoms with Crippen molar-refractivity contribution in [2.75, 3.05) is 12.4 Å². The van der Waals surface area contributed by atoms with Crippen LogP contribution in [0.2, 0.25) is 0 Å². The van der Waals surface area contributed by atoms with Gasteiger partial charge >= 0.3 is 0 Å². The molecule has 2 rings (SSSR count). The summed E-state index contributed by atoms with van der Waals surface area (Å²) in [4.78, 5) is 4.17. The molecule has 0 aliphatic heterocycles. The van der Waals surface area contributed by atoms with E-state index in [2.05, 4.69) is 41.5 Å². The number of methoxy groups -OCH3 is 1. The molecule has 1 N–H and O–H groups in total. The maximum absolute atomic E-state index is 5.03. The molecule has 0 radical (unpaired) electrons. The highest BCUT2D eigenvalue weighted by atomic mass is 16.5. The minimum absolute atomic E-state index is 0.364. The van der Waals surface area contributed by atoms with Crippen molar-refractivity contribution in [3.05, 3.63) is 54.2 Å². The molecule has 3 nitrogen and oxygen atoms in total. The molecule has 0 saturated carbocycles. The molecule has 1 heterocycles. The second kappa shape index (κ2) is 6.05. The lowest BCUT2D eigenvalue weighted by atomic mass is 10.1. The van der Waals surface area contributed by atoms with Crippen LogP contribution in [-0.4, -0.2) is 18.1 Å². The molecular weight excluding hydrogens is 224 g/mol. The highest BCUT2D eigenvalue weighted by molar-refractivity contribution is 5.43. The smallest absolute Gasteiger partial charge is 0.213 e. The zero-order valence-electron chi connectivity index (χ0n) is 10.8. The molecule has 1 aromatic heterocycles. The van der Waals surface area contributed by atoms with E-state index in [1.807, 2.05) is 18.2 Å². The molecule has 94 valence electrons. The maximum Gasteiger partial charge on any atom is 0.213 e. The highest BCUT2D eigenvalue weighted by Crippen LogP contribution is 2.13. The van der Waals surface area contributed by atoms with Gasteiger partial charge in [0.25, 0.3) is 0 Å². The molecular formula is C15H18N2O. The fourth-order valence-electron chi connectivity index (χ4n) is 1.89. The van der Waals surface area contributed by atoms with E-state index in [-0.39, 0.29) is 0 Å². The van der Waals surface area contributed by atoms with E-state index in [0.29, 0.717) is 11.9 Å². The van der Waals surface area contributed by atoms with Crippen LogP contribution in [-0.2, 0) is 6.42 Å². The molecule has 18 heavy (non-hydrogen) atoms. The third-order valence-corrected chi connectivity index (χ3v) is 2.74. The number of pyridine rings is 1. The average Bonchev–Trinajstić information content (AvgIpc) is 2.40. The summed E-state index contributed by atoms with van der Waals surface area (Å²) in [6.45, 7) is 2.16. The first-order valence-corrected chi connectivity index (χ1v) is 6.08. The second-order valence-electron chi connectivity index (χ2n) is 4.32. The van der Waals surface area contributed by atoms with Gasteiger partial charge in [0.15, 0.2) is 0 Å². The van der Waals surface area contributed by atoms with Crippen molar-refractivity contribution in [3.63, 3.8) is 0 Å². The topological polar surface area (TPSA) is 34.1 Å². The van der Waals surface area contributed by atoms with Gasteiger partial charge < -0.3 is 10.1 Å². The first kappa shape index (κ1) is 12.4. The van der Waals surface area contributed by atoms with Gasteiger partial charge in [0.1, 0.15) is 0 Å². The number of nitrogens with zero attached hydrogens (tertiary/aromatic N) is 1. The highest BCUT2D eigenvalue weighted by Gasteiger charge is 2.03. The van der Waals surface area contributed by atoms with Crippen molar-refractivity contribution < 1.29 is 4.74 Å². The van der Waals surface area contributed by atoms with Gasteiger partial charge in [0.05, 0.1) is 19.0 Å². The Kier molecular flexibility index (Phi) is 4.18. The number of hydrogen-bond acceptors (Lipinski definition) is 3. The zero-order valence-corrected chi connectivity index (χ0v) is 10.8. The number of benzene rings is 1. The first-order valence-electron chi connectivity index (χ1n) is 6.08. The van der Waals surface area contributed by atoms with E-state index < -0.39 is 0 Å². The van der Waals surface area contributed by atoms with Crippen molar-refractivity contribution in [1.29, 1.82) is 0 Å². The number of anilines is 1. The summed E-state index contributed by atoms with van der Waals surface area (Å²) in [5.41, 5.74) is 2.35. The molecule has 0 saturated heterocycles. The Bertz CT molecular complexity index is 468. The predicted octanol–water partition coefficient (Wildman–Crippen LogP) is 3.13. The minimum atomic E-state index is 0.364. The fourth-order valence-corrected chi connectivity index (χ4v) is 1.89. The molecule has 0 aliphatic rings. The molecule has 0 aliphatic carbocycles. The number of aromatic nitrogens is 1. The van der Waals surface area contributed by atoms with Crippen LogP contribution in [0.3, 0.4) is 0 Å². The standard InChI is InChI=1S/C15H18N2O/c1-12(10-13-6-4-3-5-7-13)17-14-8-9-15(18-2)16-11-14/h3-9,11-12,17H,10H2,1-2H3. The van der Waals surface area contributed by atoms with Crippen molar-refractivity contribution in [1.82, 2.24) is 4.98 Å². The van der Waals surface area contributed by atoms with Crippen LogP contribution in [0, 0.1) is 0 Å². The van der Waals surface area contributed by atoms with Gasteiger partial charge in [-0.25, -0.2) is 4.98 Å². The summed E-state index contributed by atoms with van der Waals surface area (Å²) in [6, 6.07) is 14.7. The van der Waals surface area contributed by atoms with Crippen LogP contribution in [0.1, 0.15) is 12.5 Å². The molecule has 2 aromatic rings. The van der Waals surface area contributed by atoms with Gasteiger partial charge in [-0.15, -0.1) is 0 Å². The molecule has 0 spiro atoms. The number of hydrogen-bond donors (Lipinski definition) is 1. The zero-order chi connectivity index (χ0) is 12.8. The van der Waals surface area contributed by atoms with Crippen molar-refractivity contribution in [2.24, 2.45) is 0 Å². The average molecular weight is 242 g/mol. The van der Waals surface area contributed by atoms with Crippen LogP contribution in [0.25, 0.3) is 0 Å². The fraction of sp³-hybridized carbons (Fsp3) is 0.267. The summed E-state index contributed by atoms with van der Waals surface area (Å²) < 4.78 is 5.03. The van der Waals surface area contributed by atoms with E-state index in [1.54, 1.807) is 13.3 Å². The number of nitrogens with one attached hydrogen (secondary N) is 1. The van der Waals surface area contributed by atoms with Gasteiger partial charge in [-0.3, -0.25) is 0 Å². The minimum Gasteiger partial charge on any atom is -0.481 e. The third kappa shape index (κ3) is 3.48. The summed E-state index contributed by atoms with van der Waals surface area (Å²) in [5.74, 6) is 0.635. The van der Waals surface area contributed by atoms with Gasteiger partial charge in [0, 0.05) is 12.1 Å². The lowest BCUT2D eigenvalue weighted by Crippen LogP contribution is -2.18. The van der Waals surface area contributed by atoms with E-state index >= 15 is 0 Å². The number of rotatable bonds is 5. The normalized spacial score (nSPS) is 11.9. The van der Waals surface area contributed by atoms with Crippen LogP contribution in [0.4, 0.5) is 5.69 Å². The van der Waals surface area contributed by atoms with Crippen molar-refractivity contribution in [2.45, 2.75) is 19.4 Å². The van der Waals surface area contributed by atoms with E-state index in [1.165, 1.54) is 5.56 Å². The lowest BCUT2D eigenvalue weighted by Gasteiger charge is -2.15. The molecule has 0 bridgehead atoms. The Balaban J connectivity index is 1.92. The summed E-state index contributed by atoms with van der Waals surface area (Å²) in [6.07, 6.45) is 2.78. The molecule has 3 heteroatoms. The second-order valence-corrected chi connectivity index (χ2v) is 4.32. The molecule has 1 atom stereocenters. The van der Waals surface area contributed by atoms with Crippen LogP contribution < -0.4 is 10.1 Å². The Hall–Kier alpha value is -2.03.